The molecule has 0 spiro atoms. The number of aromatic nitrogens is 2. The number of rotatable bonds is 6. The van der Waals surface area contributed by atoms with E-state index in [1.807, 2.05) is 6.92 Å². The van der Waals surface area contributed by atoms with E-state index in [2.05, 4.69) is 27.7 Å². The van der Waals surface area contributed by atoms with E-state index in [1.54, 1.807) is 43.3 Å². The molecule has 0 saturated heterocycles. The van der Waals surface area contributed by atoms with Crippen molar-refractivity contribution in [1.82, 2.24) is 10.2 Å². The lowest BCUT2D eigenvalue weighted by Gasteiger charge is -2.21. The number of hydrogen-bond donors (Lipinski definition) is 2. The Morgan fingerprint density at radius 3 is 2.45 bits per heavy atom. The summed E-state index contributed by atoms with van der Waals surface area (Å²) in [6.45, 7) is 3.54. The molecule has 2 aromatic carbocycles. The van der Waals surface area contributed by atoms with Gasteiger partial charge in [-0.1, -0.05) is 18.5 Å². The van der Waals surface area contributed by atoms with Crippen molar-refractivity contribution >= 4 is 17.3 Å². The fourth-order valence-electron chi connectivity index (χ4n) is 2.91. The first-order chi connectivity index (χ1) is 14.0. The SMILES string of the molecule is CCc1c(NC(c2nnc(-c3ccc(C#N)cc3)o2)C(C)O)ccc(C#N)c1Cl. The van der Waals surface area contributed by atoms with Crippen LogP contribution in [0.25, 0.3) is 11.5 Å². The fourth-order valence-corrected chi connectivity index (χ4v) is 3.25. The van der Waals surface area contributed by atoms with Crippen molar-refractivity contribution in [3.05, 3.63) is 64.0 Å². The summed E-state index contributed by atoms with van der Waals surface area (Å²) in [5, 5.41) is 40.1. The summed E-state index contributed by atoms with van der Waals surface area (Å²) in [5.74, 6) is 0.493. The van der Waals surface area contributed by atoms with Gasteiger partial charge in [0.15, 0.2) is 0 Å². The summed E-state index contributed by atoms with van der Waals surface area (Å²) in [6.07, 6.45) is -0.243. The second kappa shape index (κ2) is 8.74. The lowest BCUT2D eigenvalue weighted by molar-refractivity contribution is 0.159. The smallest absolute Gasteiger partial charge is 0.247 e. The maximum absolute atomic E-state index is 10.3. The molecule has 146 valence electrons. The number of anilines is 1. The molecule has 0 radical (unpaired) electrons. The predicted molar refractivity (Wildman–Crippen MR) is 108 cm³/mol. The molecule has 2 N–H and O–H groups in total. The van der Waals surface area contributed by atoms with Gasteiger partial charge >= 0.3 is 0 Å². The molecular weight excluding hydrogens is 390 g/mol. The first-order valence-corrected chi connectivity index (χ1v) is 9.36. The molecule has 0 bridgehead atoms. The van der Waals surface area contributed by atoms with Gasteiger partial charge in [0, 0.05) is 11.3 Å². The number of aliphatic hydroxyl groups is 1. The molecule has 7 nitrogen and oxygen atoms in total. The van der Waals surface area contributed by atoms with Crippen LogP contribution in [0.5, 0.6) is 0 Å². The first-order valence-electron chi connectivity index (χ1n) is 8.98. The van der Waals surface area contributed by atoms with Crippen LogP contribution in [0.15, 0.2) is 40.8 Å². The van der Waals surface area contributed by atoms with Gasteiger partial charge in [0.2, 0.25) is 11.8 Å². The maximum atomic E-state index is 10.3. The van der Waals surface area contributed by atoms with Crippen LogP contribution in [0.1, 0.15) is 42.5 Å². The monoisotopic (exact) mass is 407 g/mol. The highest BCUT2D eigenvalue weighted by Crippen LogP contribution is 2.32. The summed E-state index contributed by atoms with van der Waals surface area (Å²) in [7, 11) is 0. The Balaban J connectivity index is 1.92. The van der Waals surface area contributed by atoms with E-state index in [-0.39, 0.29) is 11.8 Å². The number of halogens is 1. The third kappa shape index (κ3) is 4.22. The number of benzene rings is 2. The van der Waals surface area contributed by atoms with Gasteiger partial charge < -0.3 is 14.8 Å². The third-order valence-corrected chi connectivity index (χ3v) is 4.91. The Morgan fingerprint density at radius 1 is 1.14 bits per heavy atom. The highest BCUT2D eigenvalue weighted by Gasteiger charge is 2.25. The maximum Gasteiger partial charge on any atom is 0.247 e. The van der Waals surface area contributed by atoms with Crippen molar-refractivity contribution in [2.45, 2.75) is 32.4 Å². The second-order valence-corrected chi connectivity index (χ2v) is 6.79. The molecule has 0 aliphatic rings. The third-order valence-electron chi connectivity index (χ3n) is 4.48. The zero-order valence-corrected chi connectivity index (χ0v) is 16.6. The van der Waals surface area contributed by atoms with Gasteiger partial charge in [0.1, 0.15) is 12.1 Å². The van der Waals surface area contributed by atoms with E-state index in [1.165, 1.54) is 0 Å². The summed E-state index contributed by atoms with van der Waals surface area (Å²) in [4.78, 5) is 0. The highest BCUT2D eigenvalue weighted by atomic mass is 35.5. The Morgan fingerprint density at radius 2 is 1.86 bits per heavy atom. The average molecular weight is 408 g/mol. The van der Waals surface area contributed by atoms with Crippen molar-refractivity contribution in [2.75, 3.05) is 5.32 Å². The highest BCUT2D eigenvalue weighted by molar-refractivity contribution is 6.32. The Bertz CT molecular complexity index is 1090. The van der Waals surface area contributed by atoms with Crippen LogP contribution in [0, 0.1) is 22.7 Å². The minimum absolute atomic E-state index is 0.210. The standard InChI is InChI=1S/C21H18ClN5O2/c1-3-16-17(9-8-15(11-24)18(16)22)25-19(12(2)28)21-27-26-20(29-21)14-6-4-13(10-23)5-7-14/h4-9,12,19,25,28H,3H2,1-2H3. The molecule has 0 aliphatic carbocycles. The summed E-state index contributed by atoms with van der Waals surface area (Å²) in [5.41, 5.74) is 3.04. The van der Waals surface area contributed by atoms with Gasteiger partial charge in [-0.2, -0.15) is 10.5 Å². The lowest BCUT2D eigenvalue weighted by Crippen LogP contribution is -2.24. The zero-order valence-electron chi connectivity index (χ0n) is 15.8. The number of nitrogens with zero attached hydrogens (tertiary/aromatic N) is 4. The molecule has 1 aromatic heterocycles. The molecule has 29 heavy (non-hydrogen) atoms. The topological polar surface area (TPSA) is 119 Å². The van der Waals surface area contributed by atoms with Crippen molar-refractivity contribution < 1.29 is 9.52 Å². The second-order valence-electron chi connectivity index (χ2n) is 6.42. The number of nitrogens with one attached hydrogen (secondary N) is 1. The van der Waals surface area contributed by atoms with E-state index < -0.39 is 12.1 Å². The molecule has 2 unspecified atom stereocenters. The van der Waals surface area contributed by atoms with Crippen molar-refractivity contribution in [1.29, 1.82) is 10.5 Å². The molecule has 0 aliphatic heterocycles. The summed E-state index contributed by atoms with van der Waals surface area (Å²) < 4.78 is 5.77. The Labute approximate surface area is 173 Å². The average Bonchev–Trinajstić information content (AvgIpc) is 3.21. The molecule has 8 heteroatoms. The number of hydrogen-bond acceptors (Lipinski definition) is 7. The van der Waals surface area contributed by atoms with Gasteiger partial charge in [-0.05, 0) is 55.3 Å². The van der Waals surface area contributed by atoms with Crippen molar-refractivity contribution in [3.63, 3.8) is 0 Å². The van der Waals surface area contributed by atoms with Crippen LogP contribution < -0.4 is 5.32 Å². The molecule has 0 fully saturated rings. The predicted octanol–water partition coefficient (Wildman–Crippen LogP) is 4.23. The van der Waals surface area contributed by atoms with E-state index in [9.17, 15) is 10.4 Å². The van der Waals surface area contributed by atoms with Crippen LogP contribution >= 0.6 is 11.6 Å². The molecule has 3 aromatic rings. The van der Waals surface area contributed by atoms with Crippen LogP contribution in [-0.4, -0.2) is 21.4 Å². The lowest BCUT2D eigenvalue weighted by atomic mass is 10.0. The Hall–Kier alpha value is -3.39. The van der Waals surface area contributed by atoms with Crippen LogP contribution in [0.3, 0.4) is 0 Å². The molecule has 3 rings (SSSR count). The van der Waals surface area contributed by atoms with E-state index in [4.69, 9.17) is 21.3 Å². The molecule has 0 amide bonds. The van der Waals surface area contributed by atoms with Crippen LogP contribution in [0.4, 0.5) is 5.69 Å². The minimum atomic E-state index is -0.844. The largest absolute Gasteiger partial charge is 0.418 e. The molecular formula is C21H18ClN5O2. The zero-order chi connectivity index (χ0) is 21.0. The molecule has 1 heterocycles. The normalized spacial score (nSPS) is 12.6. The van der Waals surface area contributed by atoms with Gasteiger partial charge in [0.05, 0.1) is 28.3 Å². The number of aliphatic hydroxyl groups excluding tert-OH is 1. The molecule has 0 saturated carbocycles. The van der Waals surface area contributed by atoms with Gasteiger partial charge in [-0.25, -0.2) is 0 Å². The first kappa shape index (κ1) is 20.3. The van der Waals surface area contributed by atoms with Gasteiger partial charge in [0.25, 0.3) is 0 Å². The van der Waals surface area contributed by atoms with Crippen molar-refractivity contribution in [2.24, 2.45) is 0 Å². The van der Waals surface area contributed by atoms with Crippen LogP contribution in [-0.2, 0) is 6.42 Å². The van der Waals surface area contributed by atoms with Gasteiger partial charge in [-0.3, -0.25) is 0 Å². The molecule has 2 atom stereocenters. The van der Waals surface area contributed by atoms with E-state index in [0.29, 0.717) is 33.8 Å². The van der Waals surface area contributed by atoms with Crippen molar-refractivity contribution in [3.8, 4) is 23.6 Å². The Kier molecular flexibility index (Phi) is 6.13. The van der Waals surface area contributed by atoms with Gasteiger partial charge in [-0.15, -0.1) is 10.2 Å². The minimum Gasteiger partial charge on any atom is -0.418 e. The fraction of sp³-hybridized carbons (Fsp3) is 0.238. The number of nitriles is 2. The quantitative estimate of drug-likeness (QED) is 0.627. The van der Waals surface area contributed by atoms with Crippen LogP contribution in [0.2, 0.25) is 5.02 Å². The van der Waals surface area contributed by atoms with E-state index >= 15 is 0 Å². The summed E-state index contributed by atoms with van der Waals surface area (Å²) >= 11 is 6.33. The van der Waals surface area contributed by atoms with E-state index in [0.717, 1.165) is 5.56 Å². The summed E-state index contributed by atoms with van der Waals surface area (Å²) in [6, 6.07) is 13.6.